The van der Waals surface area contributed by atoms with E-state index in [0.29, 0.717) is 22.6 Å². The third-order valence-electron chi connectivity index (χ3n) is 2.85. The summed E-state index contributed by atoms with van der Waals surface area (Å²) >= 11 is 0. The van der Waals surface area contributed by atoms with Crippen molar-refractivity contribution in [2.75, 3.05) is 0 Å². The number of carbonyl (C=O) groups excluding carboxylic acids is 1. The zero-order valence-corrected chi connectivity index (χ0v) is 11.1. The maximum absolute atomic E-state index is 13.5. The van der Waals surface area contributed by atoms with Gasteiger partial charge >= 0.3 is 0 Å². The number of nitriles is 1. The summed E-state index contributed by atoms with van der Waals surface area (Å²) in [6, 6.07) is 11.1. The summed E-state index contributed by atoms with van der Waals surface area (Å²) in [5.74, 6) is 0.0774. The van der Waals surface area contributed by atoms with E-state index in [1.165, 1.54) is 19.1 Å². The Bertz CT molecular complexity index is 700. The molecule has 0 atom stereocenters. The molecule has 100 valence electrons. The van der Waals surface area contributed by atoms with Gasteiger partial charge in [0.25, 0.3) is 0 Å². The van der Waals surface area contributed by atoms with Gasteiger partial charge in [0, 0.05) is 0 Å². The van der Waals surface area contributed by atoms with Crippen molar-refractivity contribution in [2.24, 2.45) is 0 Å². The van der Waals surface area contributed by atoms with Gasteiger partial charge in [-0.25, -0.2) is 4.39 Å². The summed E-state index contributed by atoms with van der Waals surface area (Å²) in [5.41, 5.74) is 1.11. The lowest BCUT2D eigenvalue weighted by Gasteiger charge is -2.11. The molecule has 0 aromatic heterocycles. The molecule has 0 aliphatic rings. The van der Waals surface area contributed by atoms with E-state index in [1.54, 1.807) is 31.2 Å². The van der Waals surface area contributed by atoms with E-state index in [1.807, 2.05) is 6.07 Å². The van der Waals surface area contributed by atoms with E-state index in [9.17, 15) is 9.18 Å². The van der Waals surface area contributed by atoms with Gasteiger partial charge in [0.1, 0.15) is 17.3 Å². The van der Waals surface area contributed by atoms with E-state index in [-0.39, 0.29) is 11.3 Å². The molecule has 2 aromatic rings. The molecule has 20 heavy (non-hydrogen) atoms. The van der Waals surface area contributed by atoms with Crippen LogP contribution in [-0.4, -0.2) is 5.78 Å². The molecule has 3 nitrogen and oxygen atoms in total. The Balaban J connectivity index is 2.39. The molecule has 0 fully saturated rings. The SMILES string of the molecule is CC(=O)c1cc(F)c(C)cc1Oc1ccc(C#N)cc1. The monoisotopic (exact) mass is 269 g/mol. The van der Waals surface area contributed by atoms with Crippen molar-refractivity contribution in [3.8, 4) is 17.6 Å². The molecule has 2 aromatic carbocycles. The number of Topliss-reactive ketones (excluding diaryl/α,β-unsaturated/α-hetero) is 1. The molecular weight excluding hydrogens is 257 g/mol. The number of hydrogen-bond donors (Lipinski definition) is 0. The molecule has 0 aliphatic heterocycles. The second-order valence-corrected chi connectivity index (χ2v) is 4.39. The van der Waals surface area contributed by atoms with E-state index < -0.39 is 5.82 Å². The maximum atomic E-state index is 13.5. The van der Waals surface area contributed by atoms with Crippen molar-refractivity contribution in [3.63, 3.8) is 0 Å². The third-order valence-corrected chi connectivity index (χ3v) is 2.85. The predicted octanol–water partition coefficient (Wildman–Crippen LogP) is 4.00. The largest absolute Gasteiger partial charge is 0.457 e. The van der Waals surface area contributed by atoms with Crippen molar-refractivity contribution in [3.05, 3.63) is 58.9 Å². The number of hydrogen-bond acceptors (Lipinski definition) is 3. The predicted molar refractivity (Wildman–Crippen MR) is 72.4 cm³/mol. The lowest BCUT2D eigenvalue weighted by atomic mass is 10.1. The summed E-state index contributed by atoms with van der Waals surface area (Å²) in [6.07, 6.45) is 0. The number of carbonyl (C=O) groups is 1. The molecule has 0 unspecified atom stereocenters. The zero-order valence-electron chi connectivity index (χ0n) is 11.1. The molecule has 4 heteroatoms. The van der Waals surface area contributed by atoms with Crippen LogP contribution in [0.3, 0.4) is 0 Å². The lowest BCUT2D eigenvalue weighted by Crippen LogP contribution is -2.00. The third kappa shape index (κ3) is 2.83. The normalized spacial score (nSPS) is 9.90. The van der Waals surface area contributed by atoms with Crippen molar-refractivity contribution in [1.29, 1.82) is 5.26 Å². The zero-order chi connectivity index (χ0) is 14.7. The highest BCUT2D eigenvalue weighted by Crippen LogP contribution is 2.28. The summed E-state index contributed by atoms with van der Waals surface area (Å²) in [4.78, 5) is 11.5. The summed E-state index contributed by atoms with van der Waals surface area (Å²) < 4.78 is 19.1. The quantitative estimate of drug-likeness (QED) is 0.791. The van der Waals surface area contributed by atoms with E-state index in [2.05, 4.69) is 0 Å². The molecule has 0 aliphatic carbocycles. The fraction of sp³-hybridized carbons (Fsp3) is 0.125. The van der Waals surface area contributed by atoms with Crippen LogP contribution in [0.2, 0.25) is 0 Å². The van der Waals surface area contributed by atoms with Crippen LogP contribution < -0.4 is 4.74 Å². The molecule has 0 bridgehead atoms. The number of halogens is 1. The summed E-state index contributed by atoms with van der Waals surface area (Å²) in [6.45, 7) is 2.96. The minimum atomic E-state index is -0.442. The van der Waals surface area contributed by atoms with Crippen LogP contribution in [0, 0.1) is 24.1 Å². The fourth-order valence-electron chi connectivity index (χ4n) is 1.74. The van der Waals surface area contributed by atoms with Crippen LogP contribution in [0.25, 0.3) is 0 Å². The van der Waals surface area contributed by atoms with Crippen molar-refractivity contribution >= 4 is 5.78 Å². The average Bonchev–Trinajstić information content (AvgIpc) is 2.43. The van der Waals surface area contributed by atoms with Crippen molar-refractivity contribution < 1.29 is 13.9 Å². The number of benzene rings is 2. The minimum absolute atomic E-state index is 0.192. The Hall–Kier alpha value is -2.67. The molecule has 0 N–H and O–H groups in total. The summed E-state index contributed by atoms with van der Waals surface area (Å²) in [7, 11) is 0. The second kappa shape index (κ2) is 5.54. The van der Waals surface area contributed by atoms with Gasteiger partial charge in [0.05, 0.1) is 17.2 Å². The van der Waals surface area contributed by atoms with Gasteiger partial charge < -0.3 is 4.74 Å². The summed E-state index contributed by atoms with van der Waals surface area (Å²) in [5, 5.41) is 8.72. The van der Waals surface area contributed by atoms with Crippen LogP contribution in [0.1, 0.15) is 28.4 Å². The molecule has 0 radical (unpaired) electrons. The van der Waals surface area contributed by atoms with E-state index >= 15 is 0 Å². The van der Waals surface area contributed by atoms with Crippen LogP contribution in [-0.2, 0) is 0 Å². The minimum Gasteiger partial charge on any atom is -0.457 e. The number of rotatable bonds is 3. The van der Waals surface area contributed by atoms with Gasteiger partial charge in [-0.3, -0.25) is 4.79 Å². The van der Waals surface area contributed by atoms with Gasteiger partial charge in [0.15, 0.2) is 5.78 Å². The van der Waals surface area contributed by atoms with Crippen LogP contribution in [0.4, 0.5) is 4.39 Å². The Kier molecular flexibility index (Phi) is 3.81. The Morgan fingerprint density at radius 3 is 2.45 bits per heavy atom. The number of aryl methyl sites for hydroxylation is 1. The molecule has 2 rings (SSSR count). The first-order chi connectivity index (χ1) is 9.51. The molecule has 0 heterocycles. The smallest absolute Gasteiger partial charge is 0.163 e. The first kappa shape index (κ1) is 13.8. The van der Waals surface area contributed by atoms with Gasteiger partial charge in [-0.2, -0.15) is 5.26 Å². The first-order valence-corrected chi connectivity index (χ1v) is 6.00. The highest BCUT2D eigenvalue weighted by molar-refractivity contribution is 5.97. The van der Waals surface area contributed by atoms with Crippen LogP contribution >= 0.6 is 0 Å². The van der Waals surface area contributed by atoms with Crippen LogP contribution in [0.5, 0.6) is 11.5 Å². The number of ketones is 1. The standard InChI is InChI=1S/C16H12FNO2/c1-10-7-16(14(11(2)19)8-15(10)17)20-13-5-3-12(9-18)4-6-13/h3-8H,1-2H3. The first-order valence-electron chi connectivity index (χ1n) is 6.00. The van der Waals surface area contributed by atoms with Gasteiger partial charge in [-0.05, 0) is 55.8 Å². The number of ether oxygens (including phenoxy) is 1. The topological polar surface area (TPSA) is 50.1 Å². The van der Waals surface area contributed by atoms with E-state index in [0.717, 1.165) is 0 Å². The number of nitrogens with zero attached hydrogens (tertiary/aromatic N) is 1. The van der Waals surface area contributed by atoms with Crippen LogP contribution in [0.15, 0.2) is 36.4 Å². The Labute approximate surface area is 116 Å². The van der Waals surface area contributed by atoms with Crippen molar-refractivity contribution in [1.82, 2.24) is 0 Å². The highest BCUT2D eigenvalue weighted by atomic mass is 19.1. The van der Waals surface area contributed by atoms with Crippen molar-refractivity contribution in [2.45, 2.75) is 13.8 Å². The molecule has 0 spiro atoms. The molecule has 0 saturated heterocycles. The molecule has 0 saturated carbocycles. The van der Waals surface area contributed by atoms with Gasteiger partial charge in [-0.15, -0.1) is 0 Å². The Morgan fingerprint density at radius 1 is 1.25 bits per heavy atom. The fourth-order valence-corrected chi connectivity index (χ4v) is 1.74. The lowest BCUT2D eigenvalue weighted by molar-refractivity contribution is 0.101. The van der Waals surface area contributed by atoms with E-state index in [4.69, 9.17) is 10.00 Å². The molecular formula is C16H12FNO2. The average molecular weight is 269 g/mol. The van der Waals surface area contributed by atoms with Gasteiger partial charge in [-0.1, -0.05) is 0 Å². The second-order valence-electron chi connectivity index (χ2n) is 4.39. The Morgan fingerprint density at radius 2 is 1.90 bits per heavy atom. The molecule has 0 amide bonds. The van der Waals surface area contributed by atoms with Gasteiger partial charge in [0.2, 0.25) is 0 Å². The highest BCUT2D eigenvalue weighted by Gasteiger charge is 2.13. The maximum Gasteiger partial charge on any atom is 0.163 e.